The van der Waals surface area contributed by atoms with E-state index in [0.717, 1.165) is 22.6 Å². The van der Waals surface area contributed by atoms with Crippen LogP contribution in [0.5, 0.6) is 11.5 Å². The quantitative estimate of drug-likeness (QED) is 0.747. The average Bonchev–Trinajstić information content (AvgIpc) is 2.46. The van der Waals surface area contributed by atoms with Crippen molar-refractivity contribution in [2.24, 2.45) is 0 Å². The van der Waals surface area contributed by atoms with Gasteiger partial charge in [0.05, 0.1) is 19.0 Å². The highest BCUT2D eigenvalue weighted by molar-refractivity contribution is 9.09. The number of ether oxygens (including phenoxy) is 2. The lowest BCUT2D eigenvalue weighted by Crippen LogP contribution is -1.98. The lowest BCUT2D eigenvalue weighted by Gasteiger charge is -2.16. The molecule has 0 heterocycles. The zero-order chi connectivity index (χ0) is 14.7. The summed E-state index contributed by atoms with van der Waals surface area (Å²) in [6, 6.07) is 12.4. The molecule has 0 aliphatic rings. The molecule has 0 fully saturated rings. The molecule has 0 aliphatic heterocycles. The van der Waals surface area contributed by atoms with Gasteiger partial charge >= 0.3 is 0 Å². The fourth-order valence-electron chi connectivity index (χ4n) is 2.42. The Morgan fingerprint density at radius 3 is 1.85 bits per heavy atom. The lowest BCUT2D eigenvalue weighted by molar-refractivity contribution is 0.408. The van der Waals surface area contributed by atoms with Crippen LogP contribution in [0.25, 0.3) is 0 Å². The lowest BCUT2D eigenvalue weighted by atomic mass is 9.99. The number of aryl methyl sites for hydroxylation is 2. The highest BCUT2D eigenvalue weighted by atomic mass is 79.9. The number of methoxy groups -OCH3 is 2. The molecule has 0 N–H and O–H groups in total. The van der Waals surface area contributed by atoms with Crippen LogP contribution in [0, 0.1) is 13.8 Å². The highest BCUT2D eigenvalue weighted by Crippen LogP contribution is 2.35. The Hall–Kier alpha value is -1.48. The third kappa shape index (κ3) is 2.98. The number of hydrogen-bond acceptors (Lipinski definition) is 2. The van der Waals surface area contributed by atoms with E-state index in [1.54, 1.807) is 14.2 Å². The van der Waals surface area contributed by atoms with Crippen LogP contribution in [-0.2, 0) is 0 Å². The molecule has 0 amide bonds. The normalized spacial score (nSPS) is 12.1. The van der Waals surface area contributed by atoms with Crippen molar-refractivity contribution in [2.75, 3.05) is 14.2 Å². The minimum atomic E-state index is 0.164. The summed E-state index contributed by atoms with van der Waals surface area (Å²) < 4.78 is 10.6. The van der Waals surface area contributed by atoms with E-state index in [0.29, 0.717) is 0 Å². The molecule has 0 spiro atoms. The van der Waals surface area contributed by atoms with E-state index in [1.165, 1.54) is 11.1 Å². The molecule has 0 aromatic heterocycles. The second-order valence-electron chi connectivity index (χ2n) is 4.82. The van der Waals surface area contributed by atoms with Crippen LogP contribution in [0.3, 0.4) is 0 Å². The first-order valence-electron chi connectivity index (χ1n) is 6.50. The fraction of sp³-hybridized carbons (Fsp3) is 0.294. The average molecular weight is 335 g/mol. The topological polar surface area (TPSA) is 18.5 Å². The minimum Gasteiger partial charge on any atom is -0.497 e. The van der Waals surface area contributed by atoms with Gasteiger partial charge in [0.1, 0.15) is 11.5 Å². The van der Waals surface area contributed by atoms with Crippen molar-refractivity contribution in [1.82, 2.24) is 0 Å². The standard InChI is InChI=1S/C17H19BrO2/c1-11-9-14(10-12(2)17(11)20-4)16(18)13-5-7-15(19-3)8-6-13/h5-10,16H,1-4H3. The van der Waals surface area contributed by atoms with Crippen molar-refractivity contribution >= 4 is 15.9 Å². The molecular weight excluding hydrogens is 316 g/mol. The van der Waals surface area contributed by atoms with Crippen LogP contribution in [0.1, 0.15) is 27.1 Å². The molecule has 2 aromatic carbocycles. The summed E-state index contributed by atoms with van der Waals surface area (Å²) in [5.41, 5.74) is 4.74. The van der Waals surface area contributed by atoms with Crippen molar-refractivity contribution in [3.63, 3.8) is 0 Å². The number of benzene rings is 2. The molecule has 2 rings (SSSR count). The third-order valence-corrected chi connectivity index (χ3v) is 4.45. The van der Waals surface area contributed by atoms with Crippen LogP contribution in [0.4, 0.5) is 0 Å². The van der Waals surface area contributed by atoms with Crippen molar-refractivity contribution < 1.29 is 9.47 Å². The minimum absolute atomic E-state index is 0.164. The third-order valence-electron chi connectivity index (χ3n) is 3.39. The van der Waals surface area contributed by atoms with Gasteiger partial charge in [-0.3, -0.25) is 0 Å². The molecule has 3 heteroatoms. The van der Waals surface area contributed by atoms with Gasteiger partial charge in [0, 0.05) is 0 Å². The summed E-state index contributed by atoms with van der Waals surface area (Å²) in [5.74, 6) is 1.83. The Labute approximate surface area is 128 Å². The van der Waals surface area contributed by atoms with Crippen LogP contribution in [0.2, 0.25) is 0 Å². The van der Waals surface area contributed by atoms with Gasteiger partial charge in [-0.15, -0.1) is 0 Å². The Morgan fingerprint density at radius 2 is 1.40 bits per heavy atom. The monoisotopic (exact) mass is 334 g/mol. The van der Waals surface area contributed by atoms with Gasteiger partial charge in [-0.25, -0.2) is 0 Å². The summed E-state index contributed by atoms with van der Waals surface area (Å²) >= 11 is 3.77. The van der Waals surface area contributed by atoms with Crippen LogP contribution in [0.15, 0.2) is 36.4 Å². The van der Waals surface area contributed by atoms with E-state index in [-0.39, 0.29) is 4.83 Å². The van der Waals surface area contributed by atoms with E-state index in [4.69, 9.17) is 9.47 Å². The van der Waals surface area contributed by atoms with E-state index in [9.17, 15) is 0 Å². The maximum atomic E-state index is 5.41. The van der Waals surface area contributed by atoms with E-state index in [2.05, 4.69) is 54.0 Å². The molecule has 1 unspecified atom stereocenters. The molecule has 20 heavy (non-hydrogen) atoms. The Morgan fingerprint density at radius 1 is 0.850 bits per heavy atom. The smallest absolute Gasteiger partial charge is 0.124 e. The highest BCUT2D eigenvalue weighted by Gasteiger charge is 2.14. The molecular formula is C17H19BrO2. The zero-order valence-electron chi connectivity index (χ0n) is 12.2. The van der Waals surface area contributed by atoms with Gasteiger partial charge in [-0.1, -0.05) is 40.2 Å². The molecule has 0 aliphatic carbocycles. The predicted octanol–water partition coefficient (Wildman–Crippen LogP) is 4.80. The second kappa shape index (κ2) is 6.31. The molecule has 1 atom stereocenters. The molecule has 0 radical (unpaired) electrons. The first-order valence-corrected chi connectivity index (χ1v) is 7.41. The molecule has 106 valence electrons. The van der Waals surface area contributed by atoms with E-state index in [1.807, 2.05) is 12.1 Å². The molecule has 0 saturated carbocycles. The van der Waals surface area contributed by atoms with Gasteiger partial charge in [-0.2, -0.15) is 0 Å². The van der Waals surface area contributed by atoms with Crippen LogP contribution >= 0.6 is 15.9 Å². The molecule has 0 saturated heterocycles. The van der Waals surface area contributed by atoms with Gasteiger partial charge in [0.25, 0.3) is 0 Å². The maximum Gasteiger partial charge on any atom is 0.124 e. The van der Waals surface area contributed by atoms with E-state index < -0.39 is 0 Å². The summed E-state index contributed by atoms with van der Waals surface area (Å²) in [6.07, 6.45) is 0. The van der Waals surface area contributed by atoms with Crippen LogP contribution in [-0.4, -0.2) is 14.2 Å². The SMILES string of the molecule is COc1ccc(C(Br)c2cc(C)c(OC)c(C)c2)cc1. The van der Waals surface area contributed by atoms with Crippen molar-refractivity contribution in [1.29, 1.82) is 0 Å². The van der Waals surface area contributed by atoms with Gasteiger partial charge in [-0.05, 0) is 48.2 Å². The zero-order valence-corrected chi connectivity index (χ0v) is 13.8. The van der Waals surface area contributed by atoms with E-state index >= 15 is 0 Å². The molecule has 0 bridgehead atoms. The Balaban J connectivity index is 2.34. The molecule has 2 nitrogen and oxygen atoms in total. The van der Waals surface area contributed by atoms with Crippen molar-refractivity contribution in [2.45, 2.75) is 18.7 Å². The summed E-state index contributed by atoms with van der Waals surface area (Å²) in [7, 11) is 3.39. The number of alkyl halides is 1. The number of rotatable bonds is 4. The number of hydrogen-bond donors (Lipinski definition) is 0. The summed E-state index contributed by atoms with van der Waals surface area (Å²) in [5, 5.41) is 0. The Bertz CT molecular complexity index is 567. The fourth-order valence-corrected chi connectivity index (χ4v) is 2.99. The first-order chi connectivity index (χ1) is 9.56. The first kappa shape index (κ1) is 14.9. The Kier molecular flexibility index (Phi) is 4.71. The van der Waals surface area contributed by atoms with Crippen LogP contribution < -0.4 is 9.47 Å². The van der Waals surface area contributed by atoms with Gasteiger partial charge < -0.3 is 9.47 Å². The van der Waals surface area contributed by atoms with Crippen molar-refractivity contribution in [3.05, 3.63) is 58.7 Å². The second-order valence-corrected chi connectivity index (χ2v) is 5.74. The largest absolute Gasteiger partial charge is 0.497 e. The summed E-state index contributed by atoms with van der Waals surface area (Å²) in [4.78, 5) is 0.164. The van der Waals surface area contributed by atoms with Gasteiger partial charge in [0.2, 0.25) is 0 Å². The van der Waals surface area contributed by atoms with Crippen molar-refractivity contribution in [3.8, 4) is 11.5 Å². The summed E-state index contributed by atoms with van der Waals surface area (Å²) in [6.45, 7) is 4.14. The van der Waals surface area contributed by atoms with Gasteiger partial charge in [0.15, 0.2) is 0 Å². The number of halogens is 1. The maximum absolute atomic E-state index is 5.41. The predicted molar refractivity (Wildman–Crippen MR) is 86.2 cm³/mol. The molecule has 2 aromatic rings.